The first-order valence-corrected chi connectivity index (χ1v) is 7.14. The lowest BCUT2D eigenvalue weighted by Gasteiger charge is -2.54. The monoisotopic (exact) mass is 243 g/mol. The average Bonchev–Trinajstić information content (AvgIpc) is 2.33. The van der Waals surface area contributed by atoms with E-state index in [1.165, 1.54) is 11.1 Å². The molecule has 0 unspecified atom stereocenters. The molecule has 0 aliphatic heterocycles. The van der Waals surface area contributed by atoms with Crippen molar-refractivity contribution in [2.24, 2.45) is 22.7 Å². The SMILES string of the molecule is C=C(C)[C@@H]1C[C@@H](C)C(C)(C)C2=CCCC[C@]21C#N. The summed E-state index contributed by atoms with van der Waals surface area (Å²) in [5, 5.41) is 9.88. The van der Waals surface area contributed by atoms with Crippen LogP contribution in [-0.2, 0) is 0 Å². The van der Waals surface area contributed by atoms with Gasteiger partial charge in [-0.2, -0.15) is 5.26 Å². The Morgan fingerprint density at radius 1 is 1.50 bits per heavy atom. The van der Waals surface area contributed by atoms with Gasteiger partial charge in [0.25, 0.3) is 0 Å². The van der Waals surface area contributed by atoms with Crippen LogP contribution >= 0.6 is 0 Å². The summed E-state index contributed by atoms with van der Waals surface area (Å²) in [6, 6.07) is 2.70. The van der Waals surface area contributed by atoms with Crippen LogP contribution in [0.15, 0.2) is 23.8 Å². The zero-order chi connectivity index (χ0) is 13.6. The summed E-state index contributed by atoms with van der Waals surface area (Å²) in [6.45, 7) is 13.2. The molecule has 1 fully saturated rings. The van der Waals surface area contributed by atoms with Gasteiger partial charge in [0.2, 0.25) is 0 Å². The summed E-state index contributed by atoms with van der Waals surface area (Å²) in [6.07, 6.45) is 6.76. The summed E-state index contributed by atoms with van der Waals surface area (Å²) >= 11 is 0. The van der Waals surface area contributed by atoms with Gasteiger partial charge >= 0.3 is 0 Å². The molecule has 1 heteroatoms. The van der Waals surface area contributed by atoms with Crippen LogP contribution < -0.4 is 0 Å². The highest BCUT2D eigenvalue weighted by Crippen LogP contribution is 2.61. The van der Waals surface area contributed by atoms with Crippen LogP contribution in [0.5, 0.6) is 0 Å². The van der Waals surface area contributed by atoms with E-state index in [4.69, 9.17) is 0 Å². The normalized spacial score (nSPS) is 38.3. The highest BCUT2D eigenvalue weighted by atomic mass is 14.6. The van der Waals surface area contributed by atoms with Crippen molar-refractivity contribution < 1.29 is 0 Å². The fourth-order valence-corrected chi connectivity index (χ4v) is 4.07. The van der Waals surface area contributed by atoms with Crippen LogP contribution in [-0.4, -0.2) is 0 Å². The van der Waals surface area contributed by atoms with E-state index >= 15 is 0 Å². The summed E-state index contributed by atoms with van der Waals surface area (Å²) in [5.41, 5.74) is 2.48. The molecular formula is C17H25N. The fourth-order valence-electron chi connectivity index (χ4n) is 4.07. The number of hydrogen-bond acceptors (Lipinski definition) is 1. The van der Waals surface area contributed by atoms with Crippen molar-refractivity contribution in [2.45, 2.75) is 53.4 Å². The Hall–Kier alpha value is -1.03. The second-order valence-corrected chi connectivity index (χ2v) is 6.85. The predicted octanol–water partition coefficient (Wildman–Crippen LogP) is 4.86. The van der Waals surface area contributed by atoms with Gasteiger partial charge < -0.3 is 0 Å². The quantitative estimate of drug-likeness (QED) is 0.603. The first kappa shape index (κ1) is 13.4. The minimum absolute atomic E-state index is 0.155. The molecule has 0 N–H and O–H groups in total. The molecule has 18 heavy (non-hydrogen) atoms. The first-order chi connectivity index (χ1) is 8.36. The van der Waals surface area contributed by atoms with Crippen molar-refractivity contribution in [3.8, 4) is 6.07 Å². The molecule has 0 aromatic carbocycles. The van der Waals surface area contributed by atoms with Crippen LogP contribution in [0.25, 0.3) is 0 Å². The number of allylic oxidation sites excluding steroid dienone is 3. The van der Waals surface area contributed by atoms with E-state index in [2.05, 4.69) is 46.4 Å². The fraction of sp³-hybridized carbons (Fsp3) is 0.706. The van der Waals surface area contributed by atoms with Gasteiger partial charge in [0.1, 0.15) is 0 Å². The summed E-state index contributed by atoms with van der Waals surface area (Å²) < 4.78 is 0. The smallest absolute Gasteiger partial charge is 0.0852 e. The average molecular weight is 243 g/mol. The first-order valence-electron chi connectivity index (χ1n) is 7.14. The number of fused-ring (bicyclic) bond motifs is 1. The van der Waals surface area contributed by atoms with Crippen LogP contribution in [0.1, 0.15) is 53.4 Å². The molecule has 1 saturated carbocycles. The van der Waals surface area contributed by atoms with Gasteiger partial charge in [0.15, 0.2) is 0 Å². The maximum atomic E-state index is 9.88. The number of nitrogens with zero attached hydrogens (tertiary/aromatic N) is 1. The van der Waals surface area contributed by atoms with E-state index in [9.17, 15) is 5.26 Å². The molecule has 0 aromatic heterocycles. The van der Waals surface area contributed by atoms with Gasteiger partial charge in [-0.15, -0.1) is 0 Å². The molecule has 1 nitrogen and oxygen atoms in total. The van der Waals surface area contributed by atoms with Crippen LogP contribution in [0.3, 0.4) is 0 Å². The number of nitriles is 1. The minimum Gasteiger partial charge on any atom is -0.197 e. The van der Waals surface area contributed by atoms with Gasteiger partial charge in [-0.25, -0.2) is 0 Å². The maximum Gasteiger partial charge on any atom is 0.0852 e. The van der Waals surface area contributed by atoms with Gasteiger partial charge in [-0.1, -0.05) is 39.0 Å². The van der Waals surface area contributed by atoms with E-state index < -0.39 is 0 Å². The van der Waals surface area contributed by atoms with Gasteiger partial charge in [-0.05, 0) is 49.5 Å². The van der Waals surface area contributed by atoms with E-state index in [0.717, 1.165) is 25.7 Å². The molecule has 0 saturated heterocycles. The summed E-state index contributed by atoms with van der Waals surface area (Å²) in [5.74, 6) is 0.960. The summed E-state index contributed by atoms with van der Waals surface area (Å²) in [4.78, 5) is 0. The Kier molecular flexibility index (Phi) is 3.18. The molecule has 0 spiro atoms. The Morgan fingerprint density at radius 3 is 2.72 bits per heavy atom. The van der Waals surface area contributed by atoms with Crippen molar-refractivity contribution in [2.75, 3.05) is 0 Å². The van der Waals surface area contributed by atoms with E-state index in [-0.39, 0.29) is 10.8 Å². The molecule has 0 amide bonds. The Balaban J connectivity index is 2.59. The van der Waals surface area contributed by atoms with Crippen LogP contribution in [0, 0.1) is 34.0 Å². The molecule has 0 bridgehead atoms. The predicted molar refractivity (Wildman–Crippen MR) is 75.8 cm³/mol. The van der Waals surface area contributed by atoms with Crippen molar-refractivity contribution in [3.63, 3.8) is 0 Å². The van der Waals surface area contributed by atoms with Gasteiger partial charge in [-0.3, -0.25) is 0 Å². The molecule has 98 valence electrons. The van der Waals surface area contributed by atoms with Gasteiger partial charge in [0, 0.05) is 5.92 Å². The summed E-state index contributed by atoms with van der Waals surface area (Å²) in [7, 11) is 0. The highest BCUT2D eigenvalue weighted by Gasteiger charge is 2.54. The van der Waals surface area contributed by atoms with Crippen molar-refractivity contribution in [1.82, 2.24) is 0 Å². The third-order valence-corrected chi connectivity index (χ3v) is 5.51. The standard InChI is InChI=1S/C17H25N/c1-12(2)14-10-13(3)16(4,5)15-8-6-7-9-17(14,15)11-18/h8,13-14H,1,6-7,9-10H2,2-5H3/t13-,14+,17-/m1/s1. The molecule has 3 atom stereocenters. The molecule has 2 aliphatic rings. The molecule has 2 aliphatic carbocycles. The zero-order valence-electron chi connectivity index (χ0n) is 12.2. The zero-order valence-corrected chi connectivity index (χ0v) is 12.2. The third-order valence-electron chi connectivity index (χ3n) is 5.51. The van der Waals surface area contributed by atoms with Gasteiger partial charge in [0.05, 0.1) is 11.5 Å². The lowest BCUT2D eigenvalue weighted by molar-refractivity contribution is 0.0952. The van der Waals surface area contributed by atoms with E-state index in [1.807, 2.05) is 0 Å². The van der Waals surface area contributed by atoms with Crippen molar-refractivity contribution in [3.05, 3.63) is 23.8 Å². The maximum absolute atomic E-state index is 9.88. The van der Waals surface area contributed by atoms with Crippen LogP contribution in [0.4, 0.5) is 0 Å². The topological polar surface area (TPSA) is 23.8 Å². The molecule has 0 heterocycles. The second-order valence-electron chi connectivity index (χ2n) is 6.85. The number of rotatable bonds is 1. The molecular weight excluding hydrogens is 218 g/mol. The minimum atomic E-state index is -0.264. The van der Waals surface area contributed by atoms with Crippen LogP contribution in [0.2, 0.25) is 0 Å². The highest BCUT2D eigenvalue weighted by molar-refractivity contribution is 5.38. The Bertz CT molecular complexity index is 435. The Labute approximate surface area is 112 Å². The van der Waals surface area contributed by atoms with E-state index in [0.29, 0.717) is 11.8 Å². The van der Waals surface area contributed by atoms with Crippen molar-refractivity contribution >= 4 is 0 Å². The van der Waals surface area contributed by atoms with E-state index in [1.54, 1.807) is 0 Å². The molecule has 2 rings (SSSR count). The number of hydrogen-bond donors (Lipinski definition) is 0. The third kappa shape index (κ3) is 1.66. The second kappa shape index (κ2) is 4.26. The van der Waals surface area contributed by atoms with Crippen molar-refractivity contribution in [1.29, 1.82) is 5.26 Å². The largest absolute Gasteiger partial charge is 0.197 e. The molecule has 0 radical (unpaired) electrons. The lowest BCUT2D eigenvalue weighted by atomic mass is 9.48. The Morgan fingerprint density at radius 2 is 2.17 bits per heavy atom. The lowest BCUT2D eigenvalue weighted by Crippen LogP contribution is -2.47. The molecule has 0 aromatic rings.